The zero-order chi connectivity index (χ0) is 28.0. The lowest BCUT2D eigenvalue weighted by Crippen LogP contribution is -2.30. The number of hydrogen-bond donors (Lipinski definition) is 1. The normalized spacial score (nSPS) is 13.6. The van der Waals surface area contributed by atoms with Crippen LogP contribution in [0.3, 0.4) is 0 Å². The van der Waals surface area contributed by atoms with E-state index in [0.717, 1.165) is 55.2 Å². The first-order chi connectivity index (χ1) is 19.2. The first-order valence-corrected chi connectivity index (χ1v) is 13.1. The van der Waals surface area contributed by atoms with Crippen molar-refractivity contribution >= 4 is 11.2 Å². The van der Waals surface area contributed by atoms with Crippen molar-refractivity contribution in [2.45, 2.75) is 58.4 Å². The summed E-state index contributed by atoms with van der Waals surface area (Å²) in [5.41, 5.74) is 1.56. The van der Waals surface area contributed by atoms with Gasteiger partial charge in [-0.3, -0.25) is 19.3 Å². The summed E-state index contributed by atoms with van der Waals surface area (Å²) in [4.78, 5) is 41.4. The van der Waals surface area contributed by atoms with Crippen LogP contribution in [0.15, 0.2) is 58.4 Å². The Morgan fingerprint density at radius 3 is 2.48 bits per heavy atom. The summed E-state index contributed by atoms with van der Waals surface area (Å²) in [6.07, 6.45) is 1.92. The summed E-state index contributed by atoms with van der Waals surface area (Å²) in [5, 5.41) is 0. The number of alkyl halides is 3. The van der Waals surface area contributed by atoms with E-state index in [2.05, 4.69) is 14.5 Å². The van der Waals surface area contributed by atoms with E-state index in [1.165, 1.54) is 10.6 Å². The highest BCUT2D eigenvalue weighted by molar-refractivity contribution is 5.71. The molecular weight excluding hydrogens is 523 g/mol. The number of nitrogens with zero attached hydrogens (tertiary/aromatic N) is 6. The van der Waals surface area contributed by atoms with Gasteiger partial charge in [-0.15, -0.1) is 0 Å². The fraction of sp³-hybridized carbons (Fsp3) is 0.321. The van der Waals surface area contributed by atoms with Crippen LogP contribution in [0.25, 0.3) is 22.4 Å². The van der Waals surface area contributed by atoms with Gasteiger partial charge in [0.15, 0.2) is 11.2 Å². The smallest absolute Gasteiger partial charge is 0.335 e. The van der Waals surface area contributed by atoms with E-state index in [4.69, 9.17) is 9.97 Å². The molecule has 1 aliphatic heterocycles. The summed E-state index contributed by atoms with van der Waals surface area (Å²) in [6.45, 7) is 3.38. The average Bonchev–Trinajstić information content (AvgIpc) is 3.50. The average molecular weight is 550 g/mol. The number of imidazole rings is 2. The van der Waals surface area contributed by atoms with E-state index in [1.54, 1.807) is 12.1 Å². The topological polar surface area (TPSA) is 103 Å². The van der Waals surface area contributed by atoms with Gasteiger partial charge in [-0.2, -0.15) is 13.2 Å². The molecular formula is C28H26F3N7O2. The summed E-state index contributed by atoms with van der Waals surface area (Å²) in [6, 6.07) is 9.58. The Morgan fingerprint density at radius 2 is 1.80 bits per heavy atom. The van der Waals surface area contributed by atoms with Gasteiger partial charge < -0.3 is 9.13 Å². The molecule has 0 radical (unpaired) electrons. The third-order valence-electron chi connectivity index (χ3n) is 7.26. The van der Waals surface area contributed by atoms with Crippen LogP contribution in [0.2, 0.25) is 0 Å². The van der Waals surface area contributed by atoms with Gasteiger partial charge in [0, 0.05) is 50.4 Å². The number of benzene rings is 1. The van der Waals surface area contributed by atoms with Crippen molar-refractivity contribution in [1.29, 1.82) is 0 Å². The van der Waals surface area contributed by atoms with Gasteiger partial charge in [0.05, 0.1) is 17.0 Å². The van der Waals surface area contributed by atoms with Gasteiger partial charge in [-0.25, -0.2) is 14.8 Å². The van der Waals surface area contributed by atoms with Crippen molar-refractivity contribution in [3.63, 3.8) is 0 Å². The predicted octanol–water partition coefficient (Wildman–Crippen LogP) is 4.16. The van der Waals surface area contributed by atoms with E-state index in [9.17, 15) is 22.8 Å². The minimum atomic E-state index is -4.45. The van der Waals surface area contributed by atoms with E-state index < -0.39 is 23.0 Å². The molecule has 0 unspecified atom stereocenters. The lowest BCUT2D eigenvalue weighted by molar-refractivity contribution is -0.137. The number of aromatic amines is 1. The Balaban J connectivity index is 1.37. The minimum Gasteiger partial charge on any atom is -0.335 e. The van der Waals surface area contributed by atoms with Gasteiger partial charge in [-0.1, -0.05) is 24.3 Å². The number of rotatable bonds is 6. The highest BCUT2D eigenvalue weighted by atomic mass is 19.4. The molecule has 4 aromatic heterocycles. The maximum absolute atomic E-state index is 13.0. The highest BCUT2D eigenvalue weighted by Gasteiger charge is 2.30. The molecule has 6 rings (SSSR count). The van der Waals surface area contributed by atoms with Crippen molar-refractivity contribution < 1.29 is 13.2 Å². The van der Waals surface area contributed by atoms with E-state index in [-0.39, 0.29) is 0 Å². The number of aryl methyl sites for hydroxylation is 3. The lowest BCUT2D eigenvalue weighted by Gasteiger charge is -2.11. The maximum Gasteiger partial charge on any atom is 0.417 e. The van der Waals surface area contributed by atoms with Crippen LogP contribution in [0.1, 0.15) is 48.2 Å². The molecule has 12 heteroatoms. The van der Waals surface area contributed by atoms with Crippen molar-refractivity contribution in [3.8, 4) is 11.3 Å². The summed E-state index contributed by atoms with van der Waals surface area (Å²) in [5.74, 6) is 1.65. The van der Waals surface area contributed by atoms with Gasteiger partial charge in [0.2, 0.25) is 0 Å². The standard InChI is InChI=1S/C28H26F3N7O2/c1-2-37-25-24(26(39)35-27(37)40)38(23(34-25)13-20-16-36-12-4-3-5-22(36)33-20)15-17-6-8-18(9-7-17)21-11-10-19(14-32-21)28(29,30)31/h6-11,14,16H,2-5,12-13,15H2,1H3,(H,35,39,40). The number of halogens is 3. The molecule has 1 N–H and O–H groups in total. The van der Waals surface area contributed by atoms with Crippen LogP contribution >= 0.6 is 0 Å². The Labute approximate surface area is 226 Å². The fourth-order valence-electron chi connectivity index (χ4n) is 5.23. The van der Waals surface area contributed by atoms with Crippen molar-refractivity contribution in [2.24, 2.45) is 0 Å². The van der Waals surface area contributed by atoms with E-state index in [1.807, 2.05) is 29.8 Å². The van der Waals surface area contributed by atoms with Crippen LogP contribution in [0.5, 0.6) is 0 Å². The molecule has 1 aromatic carbocycles. The number of nitrogens with one attached hydrogen (secondary N) is 1. The van der Waals surface area contributed by atoms with Crippen LogP contribution < -0.4 is 11.2 Å². The van der Waals surface area contributed by atoms with Gasteiger partial charge in [-0.05, 0) is 37.5 Å². The van der Waals surface area contributed by atoms with Gasteiger partial charge >= 0.3 is 11.9 Å². The maximum atomic E-state index is 13.0. The number of fused-ring (bicyclic) bond motifs is 2. The van der Waals surface area contributed by atoms with E-state index >= 15 is 0 Å². The Hall–Kier alpha value is -4.48. The number of aromatic nitrogens is 7. The summed E-state index contributed by atoms with van der Waals surface area (Å²) >= 11 is 0. The monoisotopic (exact) mass is 549 g/mol. The molecule has 40 heavy (non-hydrogen) atoms. The number of hydrogen-bond acceptors (Lipinski definition) is 5. The lowest BCUT2D eigenvalue weighted by atomic mass is 10.1. The molecule has 1 aliphatic rings. The molecule has 0 amide bonds. The quantitative estimate of drug-likeness (QED) is 0.343. The Morgan fingerprint density at radius 1 is 1.00 bits per heavy atom. The largest absolute Gasteiger partial charge is 0.417 e. The molecule has 206 valence electrons. The SMILES string of the molecule is CCn1c(=O)[nH]c(=O)c2c1nc(Cc1cn3c(n1)CCCC3)n2Cc1ccc(-c2ccc(C(F)(F)F)cn2)cc1. The minimum absolute atomic E-state index is 0.297. The first-order valence-electron chi connectivity index (χ1n) is 13.1. The molecule has 0 spiro atoms. The Bertz CT molecular complexity index is 1790. The second kappa shape index (κ2) is 9.92. The zero-order valence-electron chi connectivity index (χ0n) is 21.7. The second-order valence-corrected chi connectivity index (χ2v) is 9.89. The van der Waals surface area contributed by atoms with Crippen molar-refractivity contribution in [1.82, 2.24) is 33.6 Å². The molecule has 0 fully saturated rings. The number of H-pyrrole nitrogens is 1. The van der Waals surface area contributed by atoms with Crippen LogP contribution in [0, 0.1) is 0 Å². The van der Waals surface area contributed by atoms with Crippen LogP contribution in [-0.2, 0) is 38.7 Å². The summed E-state index contributed by atoms with van der Waals surface area (Å²) < 4.78 is 44.1. The molecule has 9 nitrogen and oxygen atoms in total. The third kappa shape index (κ3) is 4.74. The van der Waals surface area contributed by atoms with Gasteiger partial charge in [0.25, 0.3) is 5.56 Å². The fourth-order valence-corrected chi connectivity index (χ4v) is 5.23. The molecule has 0 saturated carbocycles. The summed E-state index contributed by atoms with van der Waals surface area (Å²) in [7, 11) is 0. The van der Waals surface area contributed by atoms with Crippen molar-refractivity contribution in [3.05, 3.63) is 98.1 Å². The first kappa shape index (κ1) is 25.8. The molecule has 5 heterocycles. The molecule has 0 bridgehead atoms. The van der Waals surface area contributed by atoms with Crippen LogP contribution in [0.4, 0.5) is 13.2 Å². The molecule has 0 aliphatic carbocycles. The second-order valence-electron chi connectivity index (χ2n) is 9.89. The number of pyridine rings is 1. The van der Waals surface area contributed by atoms with Gasteiger partial charge in [0.1, 0.15) is 11.6 Å². The third-order valence-corrected chi connectivity index (χ3v) is 7.26. The highest BCUT2D eigenvalue weighted by Crippen LogP contribution is 2.30. The Kier molecular flexibility index (Phi) is 6.40. The van der Waals surface area contributed by atoms with Crippen LogP contribution in [-0.4, -0.2) is 33.6 Å². The molecule has 5 aromatic rings. The zero-order valence-corrected chi connectivity index (χ0v) is 21.7. The molecule has 0 saturated heterocycles. The van der Waals surface area contributed by atoms with E-state index in [0.29, 0.717) is 47.8 Å². The molecule has 0 atom stereocenters. The van der Waals surface area contributed by atoms with Crippen molar-refractivity contribution in [2.75, 3.05) is 0 Å². The predicted molar refractivity (Wildman–Crippen MR) is 142 cm³/mol.